The Balaban J connectivity index is 1.40. The molecule has 0 unspecified atom stereocenters. The van der Waals surface area contributed by atoms with E-state index in [9.17, 15) is 29.1 Å². The van der Waals surface area contributed by atoms with E-state index in [0.717, 1.165) is 17.2 Å². The number of allylic oxidation sites excluding steroid dienone is 3. The Bertz CT molecular complexity index is 2310. The third kappa shape index (κ3) is 16.9. The molecule has 2 amide bonds. The van der Waals surface area contributed by atoms with Gasteiger partial charge in [0, 0.05) is 18.9 Å². The zero-order valence-electron chi connectivity index (χ0n) is 36.6. The molecule has 0 heterocycles. The molecule has 0 saturated carbocycles. The van der Waals surface area contributed by atoms with E-state index in [1.807, 2.05) is 60.7 Å². The molecule has 14 heteroatoms. The van der Waals surface area contributed by atoms with Crippen LogP contribution in [0.15, 0.2) is 121 Å². The van der Waals surface area contributed by atoms with E-state index >= 15 is 0 Å². The minimum absolute atomic E-state index is 0.0861. The van der Waals surface area contributed by atoms with E-state index in [4.69, 9.17) is 28.4 Å². The number of alkyl carbamates (subject to hydrolysis) is 2. The van der Waals surface area contributed by atoms with Crippen molar-refractivity contribution in [2.75, 3.05) is 14.2 Å². The molecular formula is C49H54N2O12. The van der Waals surface area contributed by atoms with Crippen molar-refractivity contribution in [3.8, 4) is 23.0 Å². The highest BCUT2D eigenvalue weighted by atomic mass is 16.6. The number of rotatable bonds is 17. The summed E-state index contributed by atoms with van der Waals surface area (Å²) in [5.74, 6) is -1.80. The van der Waals surface area contributed by atoms with Crippen LogP contribution in [-0.2, 0) is 36.7 Å². The van der Waals surface area contributed by atoms with E-state index < -0.39 is 53.2 Å². The van der Waals surface area contributed by atoms with Gasteiger partial charge in [-0.05, 0) is 100 Å². The minimum atomic E-state index is -1.08. The number of ether oxygens (including phenoxy) is 6. The van der Waals surface area contributed by atoms with Gasteiger partial charge in [0.1, 0.15) is 29.0 Å². The van der Waals surface area contributed by atoms with Gasteiger partial charge in [0.05, 0.1) is 14.2 Å². The molecule has 0 fully saturated rings. The lowest BCUT2D eigenvalue weighted by molar-refractivity contribution is -0.137. The van der Waals surface area contributed by atoms with Crippen molar-refractivity contribution in [1.29, 1.82) is 0 Å². The Hall–Kier alpha value is -7.35. The van der Waals surface area contributed by atoms with E-state index in [0.29, 0.717) is 11.1 Å². The largest absolute Gasteiger partial charge is 0.508 e. The molecule has 4 rings (SSSR count). The number of aliphatic hydroxyl groups is 1. The van der Waals surface area contributed by atoms with Gasteiger partial charge >= 0.3 is 24.1 Å². The van der Waals surface area contributed by atoms with Gasteiger partial charge in [0.15, 0.2) is 28.8 Å². The number of carbonyl (C=O) groups is 5. The van der Waals surface area contributed by atoms with Crippen LogP contribution in [0.4, 0.5) is 9.59 Å². The molecule has 63 heavy (non-hydrogen) atoms. The lowest BCUT2D eigenvalue weighted by Gasteiger charge is -2.23. The summed E-state index contributed by atoms with van der Waals surface area (Å²) in [5, 5.41) is 15.7. The molecule has 0 spiro atoms. The van der Waals surface area contributed by atoms with Gasteiger partial charge in [0.2, 0.25) is 0 Å². The number of benzene rings is 4. The third-order valence-electron chi connectivity index (χ3n) is 8.49. The summed E-state index contributed by atoms with van der Waals surface area (Å²) in [4.78, 5) is 64.7. The van der Waals surface area contributed by atoms with Gasteiger partial charge in [-0.2, -0.15) is 0 Å². The third-order valence-corrected chi connectivity index (χ3v) is 8.49. The number of hydrogen-bond acceptors (Lipinski definition) is 12. The van der Waals surface area contributed by atoms with Gasteiger partial charge in [-0.1, -0.05) is 84.9 Å². The van der Waals surface area contributed by atoms with E-state index in [-0.39, 0.29) is 41.6 Å². The highest BCUT2D eigenvalue weighted by molar-refractivity contribution is 6.02. The first-order valence-electron chi connectivity index (χ1n) is 20.0. The second-order valence-electron chi connectivity index (χ2n) is 16.1. The Morgan fingerprint density at radius 2 is 0.968 bits per heavy atom. The van der Waals surface area contributed by atoms with Crippen molar-refractivity contribution >= 4 is 42.1 Å². The lowest BCUT2D eigenvalue weighted by Crippen LogP contribution is -2.46. The number of aliphatic hydroxyl groups excluding tert-OH is 1. The molecule has 0 aliphatic rings. The summed E-state index contributed by atoms with van der Waals surface area (Å²) < 4.78 is 33.0. The second-order valence-corrected chi connectivity index (χ2v) is 16.1. The van der Waals surface area contributed by atoms with Crippen molar-refractivity contribution in [2.45, 2.75) is 77.7 Å². The molecule has 0 aromatic heterocycles. The number of carbonyl (C=O) groups excluding carboxylic acids is 5. The predicted octanol–water partition coefficient (Wildman–Crippen LogP) is 8.52. The molecular weight excluding hydrogens is 809 g/mol. The number of ketones is 1. The Kier molecular flexibility index (Phi) is 17.2. The quantitative estimate of drug-likeness (QED) is 0.0303. The summed E-state index contributed by atoms with van der Waals surface area (Å²) in [6, 6.07) is 25.4. The lowest BCUT2D eigenvalue weighted by atomic mass is 10.1. The van der Waals surface area contributed by atoms with Crippen LogP contribution in [0.1, 0.15) is 63.8 Å². The summed E-state index contributed by atoms with van der Waals surface area (Å²) in [6.45, 7) is 10.3. The summed E-state index contributed by atoms with van der Waals surface area (Å²) in [5.41, 5.74) is 1.09. The van der Waals surface area contributed by atoms with Gasteiger partial charge in [-0.3, -0.25) is 4.79 Å². The summed E-state index contributed by atoms with van der Waals surface area (Å²) in [7, 11) is 2.79. The van der Waals surface area contributed by atoms with Gasteiger partial charge < -0.3 is 44.2 Å². The smallest absolute Gasteiger partial charge is 0.408 e. The molecule has 14 nitrogen and oxygen atoms in total. The van der Waals surface area contributed by atoms with Crippen LogP contribution in [0, 0.1) is 0 Å². The zero-order valence-corrected chi connectivity index (χ0v) is 36.6. The molecule has 0 aliphatic heterocycles. The van der Waals surface area contributed by atoms with Crippen LogP contribution in [0.5, 0.6) is 23.0 Å². The van der Waals surface area contributed by atoms with Crippen molar-refractivity contribution in [3.05, 3.63) is 143 Å². The number of amides is 2. The Labute approximate surface area is 367 Å². The van der Waals surface area contributed by atoms with E-state index in [1.165, 1.54) is 50.7 Å². The SMILES string of the molecule is COc1cc(/C=C/C(=O)/C=C(O)/C=C/c2ccc(OC(=O)[C@H](Cc3ccccc3)NC(=O)OC(C)(C)C)c(OC)c2)ccc1OC(=O)[C@H](Cc1ccccc1)NC(=O)OC(C)(C)C. The normalized spacial score (nSPS) is 12.8. The fourth-order valence-electron chi connectivity index (χ4n) is 5.69. The van der Waals surface area contributed by atoms with Gasteiger partial charge in [0.25, 0.3) is 0 Å². The standard InChI is InChI=1S/C49H54N2O12/c1-48(2,3)62-46(56)50-38(27-32-15-11-9-12-16-32)44(54)60-40-25-21-34(29-42(40)58-7)19-23-36(52)31-37(53)24-20-35-22-26-41(43(30-35)59-8)61-45(55)39(28-33-17-13-10-14-18-33)51-47(57)63-49(4,5)6/h9-26,29-31,38-39,52H,27-28H2,1-8H3,(H,50,56)(H,51,57)/b23-19+,24-20+,36-31-/t38-,39-/m0/s1. The second kappa shape index (κ2) is 22.5. The molecule has 332 valence electrons. The molecule has 0 aliphatic carbocycles. The predicted molar refractivity (Wildman–Crippen MR) is 238 cm³/mol. The van der Waals surface area contributed by atoms with Crippen LogP contribution in [0.25, 0.3) is 12.2 Å². The fraction of sp³-hybridized carbons (Fsp3) is 0.286. The maximum absolute atomic E-state index is 13.4. The van der Waals surface area contributed by atoms with Crippen molar-refractivity contribution in [2.24, 2.45) is 0 Å². The number of methoxy groups -OCH3 is 2. The topological polar surface area (TPSA) is 185 Å². The van der Waals surface area contributed by atoms with Crippen LogP contribution < -0.4 is 29.6 Å². The molecule has 0 radical (unpaired) electrons. The highest BCUT2D eigenvalue weighted by Gasteiger charge is 2.29. The fourth-order valence-corrected chi connectivity index (χ4v) is 5.69. The molecule has 4 aromatic rings. The van der Waals surface area contributed by atoms with Gasteiger partial charge in [-0.25, -0.2) is 19.2 Å². The van der Waals surface area contributed by atoms with E-state index in [1.54, 1.807) is 65.8 Å². The first kappa shape index (κ1) is 48.3. The average Bonchev–Trinajstić information content (AvgIpc) is 3.21. The number of nitrogens with one attached hydrogen (secondary N) is 2. The average molecular weight is 863 g/mol. The molecule has 4 aromatic carbocycles. The monoisotopic (exact) mass is 862 g/mol. The summed E-state index contributed by atoms with van der Waals surface area (Å²) in [6.07, 6.45) is 5.32. The van der Waals surface area contributed by atoms with Crippen LogP contribution in [0.2, 0.25) is 0 Å². The van der Waals surface area contributed by atoms with E-state index in [2.05, 4.69) is 10.6 Å². The van der Waals surface area contributed by atoms with Crippen molar-refractivity contribution < 1.29 is 57.5 Å². The number of hydrogen-bond donors (Lipinski definition) is 3. The maximum atomic E-state index is 13.4. The van der Waals surface area contributed by atoms with Crippen LogP contribution in [-0.4, -0.2) is 72.5 Å². The molecule has 2 atom stereocenters. The van der Waals surface area contributed by atoms with Crippen LogP contribution in [0.3, 0.4) is 0 Å². The van der Waals surface area contributed by atoms with Crippen molar-refractivity contribution in [1.82, 2.24) is 10.6 Å². The van der Waals surface area contributed by atoms with Crippen LogP contribution >= 0.6 is 0 Å². The Morgan fingerprint density at radius 3 is 1.35 bits per heavy atom. The zero-order chi connectivity index (χ0) is 46.2. The summed E-state index contributed by atoms with van der Waals surface area (Å²) >= 11 is 0. The minimum Gasteiger partial charge on any atom is -0.508 e. The first-order chi connectivity index (χ1) is 29.8. The highest BCUT2D eigenvalue weighted by Crippen LogP contribution is 2.31. The maximum Gasteiger partial charge on any atom is 0.408 e. The molecule has 0 saturated heterocycles. The van der Waals surface area contributed by atoms with Crippen molar-refractivity contribution in [3.63, 3.8) is 0 Å². The molecule has 0 bridgehead atoms. The van der Waals surface area contributed by atoms with Gasteiger partial charge in [-0.15, -0.1) is 0 Å². The number of esters is 2. The Morgan fingerprint density at radius 1 is 0.571 bits per heavy atom. The first-order valence-corrected chi connectivity index (χ1v) is 20.0. The molecule has 3 N–H and O–H groups in total.